The Morgan fingerprint density at radius 1 is 1.43 bits per heavy atom. The average molecular weight is 298 g/mol. The second kappa shape index (κ2) is 2.95. The highest BCUT2D eigenvalue weighted by Crippen LogP contribution is 2.41. The van der Waals surface area contributed by atoms with Gasteiger partial charge in [-0.05, 0) is 59.0 Å². The quantitative estimate of drug-likeness (QED) is 0.740. The summed E-state index contributed by atoms with van der Waals surface area (Å²) < 4.78 is 3.07. The average Bonchev–Trinajstić information content (AvgIpc) is 2.96. The maximum atomic E-state index is 4.41. The van der Waals surface area contributed by atoms with Gasteiger partial charge in [0.1, 0.15) is 3.70 Å². The van der Waals surface area contributed by atoms with Crippen LogP contribution in [0.1, 0.15) is 24.3 Å². The van der Waals surface area contributed by atoms with Gasteiger partial charge < -0.3 is 0 Å². The fraction of sp³-hybridized carbons (Fsp3) is 0.364. The lowest BCUT2D eigenvalue weighted by Crippen LogP contribution is -1.89. The van der Waals surface area contributed by atoms with E-state index in [1.165, 1.54) is 29.3 Å². The van der Waals surface area contributed by atoms with Crippen molar-refractivity contribution in [3.05, 3.63) is 27.5 Å². The highest BCUT2D eigenvalue weighted by molar-refractivity contribution is 14.1. The van der Waals surface area contributed by atoms with Crippen LogP contribution in [0.5, 0.6) is 0 Å². The van der Waals surface area contributed by atoms with Crippen LogP contribution in [0.4, 0.5) is 0 Å². The van der Waals surface area contributed by atoms with Crippen molar-refractivity contribution >= 4 is 33.5 Å². The Kier molecular flexibility index (Phi) is 1.84. The molecule has 72 valence electrons. The van der Waals surface area contributed by atoms with Crippen LogP contribution < -0.4 is 0 Å². The third-order valence-electron chi connectivity index (χ3n) is 2.88. The Morgan fingerprint density at radius 2 is 2.21 bits per heavy atom. The van der Waals surface area contributed by atoms with E-state index in [0.29, 0.717) is 0 Å². The molecule has 0 atom stereocenters. The number of hydrogen-bond donors (Lipinski definition) is 0. The predicted molar refractivity (Wildman–Crippen MR) is 65.4 cm³/mol. The van der Waals surface area contributed by atoms with Crippen molar-refractivity contribution in [3.63, 3.8) is 0 Å². The summed E-state index contributed by atoms with van der Waals surface area (Å²) >= 11 is 2.31. The van der Waals surface area contributed by atoms with Crippen molar-refractivity contribution < 1.29 is 0 Å². The minimum absolute atomic E-state index is 0.829. The molecule has 0 unspecified atom stereocenters. The van der Waals surface area contributed by atoms with Gasteiger partial charge in [0, 0.05) is 12.4 Å². The number of halogens is 1. The number of aromatic nitrogens is 2. The molecular formula is C11H11IN2. The van der Waals surface area contributed by atoms with Crippen molar-refractivity contribution in [2.24, 2.45) is 7.05 Å². The number of rotatable bonds is 1. The molecular weight excluding hydrogens is 287 g/mol. The number of benzene rings is 1. The van der Waals surface area contributed by atoms with Crippen LogP contribution >= 0.6 is 22.6 Å². The van der Waals surface area contributed by atoms with E-state index in [1.54, 1.807) is 0 Å². The Labute approximate surface area is 96.4 Å². The van der Waals surface area contributed by atoms with Gasteiger partial charge >= 0.3 is 0 Å². The molecule has 1 saturated carbocycles. The topological polar surface area (TPSA) is 17.8 Å². The summed E-state index contributed by atoms with van der Waals surface area (Å²) in [6.07, 6.45) is 2.73. The van der Waals surface area contributed by atoms with E-state index in [9.17, 15) is 0 Å². The molecule has 3 rings (SSSR count). The minimum atomic E-state index is 0.829. The number of hydrogen-bond acceptors (Lipinski definition) is 1. The van der Waals surface area contributed by atoms with Gasteiger partial charge in [-0.15, -0.1) is 0 Å². The van der Waals surface area contributed by atoms with Gasteiger partial charge in [0.25, 0.3) is 0 Å². The minimum Gasteiger partial charge on any atom is -0.267 e. The molecule has 0 spiro atoms. The van der Waals surface area contributed by atoms with Crippen LogP contribution in [0, 0.1) is 3.70 Å². The zero-order chi connectivity index (χ0) is 9.71. The van der Waals surface area contributed by atoms with E-state index in [2.05, 4.69) is 45.9 Å². The summed E-state index contributed by atoms with van der Waals surface area (Å²) in [6, 6.07) is 6.75. The fourth-order valence-corrected chi connectivity index (χ4v) is 2.67. The summed E-state index contributed by atoms with van der Waals surface area (Å²) in [5, 5.41) is 5.72. The van der Waals surface area contributed by atoms with Crippen molar-refractivity contribution in [2.45, 2.75) is 18.8 Å². The first-order valence-corrected chi connectivity index (χ1v) is 5.96. The Hall–Kier alpha value is -0.580. The molecule has 0 amide bonds. The molecule has 14 heavy (non-hydrogen) atoms. The molecule has 0 saturated heterocycles. The maximum Gasteiger partial charge on any atom is 0.131 e. The summed E-state index contributed by atoms with van der Waals surface area (Å²) in [6.45, 7) is 0. The lowest BCUT2D eigenvalue weighted by atomic mass is 10.1. The largest absolute Gasteiger partial charge is 0.267 e. The Morgan fingerprint density at radius 3 is 2.93 bits per heavy atom. The fourth-order valence-electron chi connectivity index (χ4n) is 1.91. The smallest absolute Gasteiger partial charge is 0.131 e. The third-order valence-corrected chi connectivity index (χ3v) is 3.67. The molecule has 2 nitrogen and oxygen atoms in total. The molecule has 0 bridgehead atoms. The molecule has 1 aliphatic rings. The molecule has 0 N–H and O–H groups in total. The molecule has 1 fully saturated rings. The highest BCUT2D eigenvalue weighted by Gasteiger charge is 2.24. The molecule has 0 radical (unpaired) electrons. The molecule has 1 heterocycles. The second-order valence-corrected chi connectivity index (χ2v) is 4.99. The molecule has 2 aromatic rings. The summed E-state index contributed by atoms with van der Waals surface area (Å²) in [4.78, 5) is 0. The maximum absolute atomic E-state index is 4.41. The lowest BCUT2D eigenvalue weighted by molar-refractivity contribution is 0.787. The lowest BCUT2D eigenvalue weighted by Gasteiger charge is -1.98. The van der Waals surface area contributed by atoms with E-state index < -0.39 is 0 Å². The predicted octanol–water partition coefficient (Wildman–Crippen LogP) is 3.06. The van der Waals surface area contributed by atoms with Crippen LogP contribution in [0.15, 0.2) is 18.2 Å². The standard InChI is InChI=1S/C11H11IN2/c1-14-10-5-4-8(7-2-3-7)6-9(10)11(12)13-14/h4-7H,2-3H2,1H3. The number of fused-ring (bicyclic) bond motifs is 1. The highest BCUT2D eigenvalue weighted by atomic mass is 127. The van der Waals surface area contributed by atoms with Gasteiger partial charge in [-0.25, -0.2) is 0 Å². The molecule has 1 aromatic carbocycles. The van der Waals surface area contributed by atoms with E-state index in [-0.39, 0.29) is 0 Å². The summed E-state index contributed by atoms with van der Waals surface area (Å²) in [7, 11) is 2.00. The zero-order valence-electron chi connectivity index (χ0n) is 8.00. The summed E-state index contributed by atoms with van der Waals surface area (Å²) in [5.74, 6) is 0.829. The zero-order valence-corrected chi connectivity index (χ0v) is 10.2. The number of nitrogens with zero attached hydrogens (tertiary/aromatic N) is 2. The van der Waals surface area contributed by atoms with Gasteiger partial charge in [-0.2, -0.15) is 5.10 Å². The monoisotopic (exact) mass is 298 g/mol. The van der Waals surface area contributed by atoms with Crippen molar-refractivity contribution in [1.82, 2.24) is 9.78 Å². The van der Waals surface area contributed by atoms with Gasteiger partial charge in [-0.3, -0.25) is 4.68 Å². The van der Waals surface area contributed by atoms with Crippen LogP contribution in [0.25, 0.3) is 10.9 Å². The normalized spacial score (nSPS) is 16.4. The molecule has 3 heteroatoms. The van der Waals surface area contributed by atoms with Crippen molar-refractivity contribution in [2.75, 3.05) is 0 Å². The van der Waals surface area contributed by atoms with E-state index in [4.69, 9.17) is 0 Å². The van der Waals surface area contributed by atoms with Crippen molar-refractivity contribution in [1.29, 1.82) is 0 Å². The van der Waals surface area contributed by atoms with E-state index in [1.807, 2.05) is 11.7 Å². The number of aryl methyl sites for hydroxylation is 1. The van der Waals surface area contributed by atoms with E-state index in [0.717, 1.165) is 9.62 Å². The van der Waals surface area contributed by atoms with Gasteiger partial charge in [-0.1, -0.05) is 6.07 Å². The Balaban J connectivity index is 2.26. The second-order valence-electron chi connectivity index (χ2n) is 3.97. The van der Waals surface area contributed by atoms with Crippen LogP contribution in [-0.4, -0.2) is 9.78 Å². The van der Waals surface area contributed by atoms with E-state index >= 15 is 0 Å². The van der Waals surface area contributed by atoms with Crippen LogP contribution in [-0.2, 0) is 7.05 Å². The Bertz CT molecular complexity index is 497. The first-order chi connectivity index (χ1) is 6.75. The SMILES string of the molecule is Cn1nc(I)c2cc(C3CC3)ccc21. The summed E-state index contributed by atoms with van der Waals surface area (Å²) in [5.41, 5.74) is 2.72. The van der Waals surface area contributed by atoms with Gasteiger partial charge in [0.2, 0.25) is 0 Å². The van der Waals surface area contributed by atoms with Crippen molar-refractivity contribution in [3.8, 4) is 0 Å². The first kappa shape index (κ1) is 8.71. The van der Waals surface area contributed by atoms with Crippen LogP contribution in [0.2, 0.25) is 0 Å². The van der Waals surface area contributed by atoms with Gasteiger partial charge in [0.15, 0.2) is 0 Å². The molecule has 0 aliphatic heterocycles. The van der Waals surface area contributed by atoms with Gasteiger partial charge in [0.05, 0.1) is 5.52 Å². The van der Waals surface area contributed by atoms with Crippen LogP contribution in [0.3, 0.4) is 0 Å². The molecule has 1 aliphatic carbocycles. The first-order valence-electron chi connectivity index (χ1n) is 4.88. The third kappa shape index (κ3) is 1.26. The molecule has 1 aromatic heterocycles.